The van der Waals surface area contributed by atoms with E-state index < -0.39 is 15.9 Å². The lowest BCUT2D eigenvalue weighted by Crippen LogP contribution is -2.28. The number of rotatable bonds is 6. The number of carbonyl (C=O) groups is 2. The maximum absolute atomic E-state index is 12.6. The zero-order valence-corrected chi connectivity index (χ0v) is 17.6. The first-order valence-corrected chi connectivity index (χ1v) is 10.8. The Labute approximate surface area is 171 Å². The molecule has 3 rings (SSSR count). The smallest absolute Gasteiger partial charge is 0.242 e. The summed E-state index contributed by atoms with van der Waals surface area (Å²) in [5.74, 6) is -0.718. The van der Waals surface area contributed by atoms with Gasteiger partial charge in [-0.05, 0) is 36.8 Å². The summed E-state index contributed by atoms with van der Waals surface area (Å²) in [5, 5.41) is 2.78. The molecule has 1 aliphatic rings. The molecule has 8 heteroatoms. The van der Waals surface area contributed by atoms with Gasteiger partial charge in [-0.2, -0.15) is 0 Å². The molecule has 1 saturated heterocycles. The van der Waals surface area contributed by atoms with Crippen LogP contribution in [-0.2, 0) is 26.2 Å². The molecule has 1 fully saturated rings. The Bertz CT molecular complexity index is 999. The molecule has 154 valence electrons. The van der Waals surface area contributed by atoms with Gasteiger partial charge in [0.1, 0.15) is 0 Å². The predicted molar refractivity (Wildman–Crippen MR) is 111 cm³/mol. The van der Waals surface area contributed by atoms with Gasteiger partial charge in [0, 0.05) is 39.3 Å². The molecule has 1 atom stereocenters. The Balaban J connectivity index is 1.61. The number of likely N-dealkylation sites (tertiary alicyclic amines) is 1. The number of nitrogens with one attached hydrogen (secondary N) is 1. The van der Waals surface area contributed by atoms with Crippen molar-refractivity contribution in [1.29, 1.82) is 0 Å². The van der Waals surface area contributed by atoms with E-state index in [1.807, 2.05) is 31.2 Å². The SMILES string of the molecule is Cc1ccc(CN2C[C@@H](C(=O)Nc3ccc(S(=O)(=O)N(C)C)cc3)CC2=O)cc1. The van der Waals surface area contributed by atoms with E-state index in [-0.39, 0.29) is 23.1 Å². The molecule has 7 nitrogen and oxygen atoms in total. The van der Waals surface area contributed by atoms with Crippen molar-refractivity contribution in [2.75, 3.05) is 26.0 Å². The number of nitrogens with zero attached hydrogens (tertiary/aromatic N) is 2. The van der Waals surface area contributed by atoms with Crippen molar-refractivity contribution in [3.8, 4) is 0 Å². The number of hydrogen-bond acceptors (Lipinski definition) is 4. The van der Waals surface area contributed by atoms with Crippen LogP contribution < -0.4 is 5.32 Å². The van der Waals surface area contributed by atoms with Gasteiger partial charge < -0.3 is 10.2 Å². The van der Waals surface area contributed by atoms with Crippen molar-refractivity contribution >= 4 is 27.5 Å². The second-order valence-electron chi connectivity index (χ2n) is 7.46. The topological polar surface area (TPSA) is 86.8 Å². The van der Waals surface area contributed by atoms with Gasteiger partial charge in [-0.1, -0.05) is 29.8 Å². The molecule has 0 spiro atoms. The predicted octanol–water partition coefficient (Wildman–Crippen LogP) is 2.23. The Hall–Kier alpha value is -2.71. The van der Waals surface area contributed by atoms with Crippen LogP contribution in [0.2, 0.25) is 0 Å². The number of benzene rings is 2. The molecular weight excluding hydrogens is 390 g/mol. The number of hydrogen-bond donors (Lipinski definition) is 1. The molecule has 1 N–H and O–H groups in total. The maximum atomic E-state index is 12.6. The summed E-state index contributed by atoms with van der Waals surface area (Å²) < 4.78 is 25.4. The van der Waals surface area contributed by atoms with Crippen molar-refractivity contribution in [2.24, 2.45) is 5.92 Å². The largest absolute Gasteiger partial charge is 0.338 e. The van der Waals surface area contributed by atoms with E-state index in [0.29, 0.717) is 18.8 Å². The summed E-state index contributed by atoms with van der Waals surface area (Å²) in [6.45, 7) is 2.86. The van der Waals surface area contributed by atoms with Gasteiger partial charge >= 0.3 is 0 Å². The first-order valence-electron chi connectivity index (χ1n) is 9.33. The molecule has 1 heterocycles. The second-order valence-corrected chi connectivity index (χ2v) is 9.61. The summed E-state index contributed by atoms with van der Waals surface area (Å²) in [6.07, 6.45) is 0.171. The van der Waals surface area contributed by atoms with E-state index >= 15 is 0 Å². The summed E-state index contributed by atoms with van der Waals surface area (Å²) in [7, 11) is -0.590. The fourth-order valence-corrected chi connectivity index (χ4v) is 4.08. The van der Waals surface area contributed by atoms with Gasteiger partial charge in [-0.25, -0.2) is 12.7 Å². The van der Waals surface area contributed by atoms with E-state index in [1.165, 1.54) is 26.2 Å². The fourth-order valence-electron chi connectivity index (χ4n) is 3.18. The average molecular weight is 416 g/mol. The first kappa shape index (κ1) is 21.0. The normalized spacial score (nSPS) is 17.0. The number of aryl methyl sites for hydroxylation is 1. The lowest BCUT2D eigenvalue weighted by atomic mass is 10.1. The zero-order valence-electron chi connectivity index (χ0n) is 16.8. The van der Waals surface area contributed by atoms with Crippen molar-refractivity contribution < 1.29 is 18.0 Å². The van der Waals surface area contributed by atoms with Gasteiger partial charge in [-0.3, -0.25) is 9.59 Å². The van der Waals surface area contributed by atoms with Crippen LogP contribution in [0.4, 0.5) is 5.69 Å². The molecule has 2 amide bonds. The number of carbonyl (C=O) groups excluding carboxylic acids is 2. The molecular formula is C21H25N3O4S. The van der Waals surface area contributed by atoms with Gasteiger partial charge in [0.25, 0.3) is 0 Å². The third-order valence-electron chi connectivity index (χ3n) is 4.98. The number of amides is 2. The Morgan fingerprint density at radius 2 is 1.72 bits per heavy atom. The highest BCUT2D eigenvalue weighted by Crippen LogP contribution is 2.23. The highest BCUT2D eigenvalue weighted by molar-refractivity contribution is 7.89. The average Bonchev–Trinajstić information content (AvgIpc) is 3.04. The van der Waals surface area contributed by atoms with Crippen LogP contribution in [0.15, 0.2) is 53.4 Å². The van der Waals surface area contributed by atoms with Crippen LogP contribution in [0.25, 0.3) is 0 Å². The van der Waals surface area contributed by atoms with Crippen molar-refractivity contribution in [3.63, 3.8) is 0 Å². The molecule has 0 radical (unpaired) electrons. The molecule has 0 aromatic heterocycles. The van der Waals surface area contributed by atoms with Crippen molar-refractivity contribution in [3.05, 3.63) is 59.7 Å². The molecule has 0 aliphatic carbocycles. The fraction of sp³-hybridized carbons (Fsp3) is 0.333. The summed E-state index contributed by atoms with van der Waals surface area (Å²) in [4.78, 5) is 26.7. The monoisotopic (exact) mass is 415 g/mol. The van der Waals surface area contributed by atoms with Crippen LogP contribution >= 0.6 is 0 Å². The summed E-state index contributed by atoms with van der Waals surface area (Å²) in [6, 6.07) is 14.0. The molecule has 29 heavy (non-hydrogen) atoms. The molecule has 0 unspecified atom stereocenters. The number of sulfonamides is 1. The number of anilines is 1. The molecule has 1 aliphatic heterocycles. The van der Waals surface area contributed by atoms with Crippen molar-refractivity contribution in [1.82, 2.24) is 9.21 Å². The minimum absolute atomic E-state index is 0.0434. The van der Waals surface area contributed by atoms with Gasteiger partial charge in [0.05, 0.1) is 10.8 Å². The van der Waals surface area contributed by atoms with E-state index in [4.69, 9.17) is 0 Å². The van der Waals surface area contributed by atoms with Crippen LogP contribution in [-0.4, -0.2) is 50.1 Å². The van der Waals surface area contributed by atoms with Crippen LogP contribution in [0, 0.1) is 12.8 Å². The molecule has 0 bridgehead atoms. The van der Waals surface area contributed by atoms with Gasteiger partial charge in [0.2, 0.25) is 21.8 Å². The lowest BCUT2D eigenvalue weighted by Gasteiger charge is -2.17. The Kier molecular flexibility index (Phi) is 6.04. The molecule has 2 aromatic rings. The van der Waals surface area contributed by atoms with Crippen LogP contribution in [0.5, 0.6) is 0 Å². The quantitative estimate of drug-likeness (QED) is 0.784. The second kappa shape index (κ2) is 8.34. The third-order valence-corrected chi connectivity index (χ3v) is 6.81. The van der Waals surface area contributed by atoms with E-state index in [2.05, 4.69) is 5.32 Å². The van der Waals surface area contributed by atoms with Gasteiger partial charge in [-0.15, -0.1) is 0 Å². The molecule has 0 saturated carbocycles. The van der Waals surface area contributed by atoms with Crippen molar-refractivity contribution in [2.45, 2.75) is 24.8 Å². The standard InChI is InChI=1S/C21H25N3O4S/c1-15-4-6-16(7-5-15)13-24-14-17(12-20(24)25)21(26)22-18-8-10-19(11-9-18)29(27,28)23(2)3/h4-11,17H,12-14H2,1-3H3,(H,22,26)/t17-/m0/s1. The third kappa shape index (κ3) is 4.83. The Morgan fingerprint density at radius 3 is 2.31 bits per heavy atom. The van der Waals surface area contributed by atoms with E-state index in [0.717, 1.165) is 15.4 Å². The van der Waals surface area contributed by atoms with E-state index in [1.54, 1.807) is 17.0 Å². The maximum Gasteiger partial charge on any atom is 0.242 e. The van der Waals surface area contributed by atoms with Crippen LogP contribution in [0.1, 0.15) is 17.5 Å². The Morgan fingerprint density at radius 1 is 1.10 bits per heavy atom. The highest BCUT2D eigenvalue weighted by Gasteiger charge is 2.34. The summed E-state index contributed by atoms with van der Waals surface area (Å²) >= 11 is 0. The first-order chi connectivity index (χ1) is 13.7. The minimum atomic E-state index is -3.52. The highest BCUT2D eigenvalue weighted by atomic mass is 32.2. The van der Waals surface area contributed by atoms with Crippen LogP contribution in [0.3, 0.4) is 0 Å². The van der Waals surface area contributed by atoms with E-state index in [9.17, 15) is 18.0 Å². The van der Waals surface area contributed by atoms with Gasteiger partial charge in [0.15, 0.2) is 0 Å². The lowest BCUT2D eigenvalue weighted by molar-refractivity contribution is -0.128. The zero-order chi connectivity index (χ0) is 21.2. The summed E-state index contributed by atoms with van der Waals surface area (Å²) in [5.41, 5.74) is 2.68. The molecule has 2 aromatic carbocycles. The minimum Gasteiger partial charge on any atom is -0.338 e.